The van der Waals surface area contributed by atoms with Crippen LogP contribution in [0.1, 0.15) is 25.3 Å². The summed E-state index contributed by atoms with van der Waals surface area (Å²) >= 11 is 0. The van der Waals surface area contributed by atoms with Gasteiger partial charge in [0.25, 0.3) is 0 Å². The Morgan fingerprint density at radius 2 is 2.04 bits per heavy atom. The van der Waals surface area contributed by atoms with Gasteiger partial charge in [0.05, 0.1) is 11.5 Å². The monoisotopic (exact) mass is 354 g/mol. The van der Waals surface area contributed by atoms with E-state index in [1.54, 1.807) is 13.1 Å². The van der Waals surface area contributed by atoms with Crippen molar-refractivity contribution in [1.82, 2.24) is 10.3 Å². The number of nitrogens with one attached hydrogen (secondary N) is 1. The largest absolute Gasteiger partial charge is 0.392 e. The van der Waals surface area contributed by atoms with E-state index in [4.69, 9.17) is 4.74 Å². The van der Waals surface area contributed by atoms with Crippen molar-refractivity contribution in [2.45, 2.75) is 32.3 Å². The number of benzene rings is 1. The average molecular weight is 354 g/mol. The summed E-state index contributed by atoms with van der Waals surface area (Å²) in [6, 6.07) is 12.2. The van der Waals surface area contributed by atoms with E-state index in [2.05, 4.69) is 28.5 Å². The van der Waals surface area contributed by atoms with E-state index >= 15 is 0 Å². The molecular formula is C21H26N2O3. The quantitative estimate of drug-likeness (QED) is 0.836. The van der Waals surface area contributed by atoms with Gasteiger partial charge in [-0.1, -0.05) is 30.3 Å². The molecule has 0 aliphatic carbocycles. The van der Waals surface area contributed by atoms with Crippen LogP contribution in [0.25, 0.3) is 11.1 Å². The van der Waals surface area contributed by atoms with Crippen molar-refractivity contribution in [3.05, 3.63) is 54.4 Å². The molecule has 0 spiro atoms. The molecule has 1 aromatic heterocycles. The lowest BCUT2D eigenvalue weighted by atomic mass is 9.74. The Morgan fingerprint density at radius 1 is 1.27 bits per heavy atom. The molecule has 1 aromatic carbocycles. The molecule has 26 heavy (non-hydrogen) atoms. The molecule has 1 fully saturated rings. The summed E-state index contributed by atoms with van der Waals surface area (Å²) in [4.78, 5) is 17.1. The molecule has 1 aliphatic rings. The van der Waals surface area contributed by atoms with Crippen LogP contribution in [0.15, 0.2) is 48.8 Å². The third-order valence-electron chi connectivity index (χ3n) is 4.95. The van der Waals surface area contributed by atoms with E-state index in [9.17, 15) is 9.90 Å². The third-order valence-corrected chi connectivity index (χ3v) is 4.95. The fourth-order valence-electron chi connectivity index (χ4n) is 3.46. The number of carbonyl (C=O) groups is 1. The van der Waals surface area contributed by atoms with Crippen LogP contribution < -0.4 is 5.32 Å². The number of aromatic nitrogens is 1. The molecule has 2 aromatic rings. The van der Waals surface area contributed by atoms with Gasteiger partial charge in [-0.15, -0.1) is 0 Å². The van der Waals surface area contributed by atoms with Crippen LogP contribution in [-0.4, -0.2) is 41.9 Å². The maximum absolute atomic E-state index is 12.9. The number of pyridine rings is 1. The molecule has 2 N–H and O–H groups in total. The van der Waals surface area contributed by atoms with E-state index in [1.807, 2.05) is 24.4 Å². The number of aliphatic hydroxyl groups excluding tert-OH is 1. The standard InChI is InChI=1S/C21H26N2O3/c1-16(24)14-23-20(25)21(7-10-26-11-8-21)13-17-4-2-5-18(12-17)19-6-3-9-22-15-19/h2-6,9,12,15-16,24H,7-8,10-11,13-14H2,1H3,(H,23,25)/t16-/m1/s1. The van der Waals surface area contributed by atoms with E-state index in [1.165, 1.54) is 0 Å². The number of nitrogens with zero attached hydrogens (tertiary/aromatic N) is 1. The zero-order chi connectivity index (χ0) is 18.4. The molecule has 3 rings (SSSR count). The maximum Gasteiger partial charge on any atom is 0.226 e. The summed E-state index contributed by atoms with van der Waals surface area (Å²) in [5.41, 5.74) is 2.80. The van der Waals surface area contributed by atoms with Gasteiger partial charge in [-0.25, -0.2) is 0 Å². The van der Waals surface area contributed by atoms with E-state index < -0.39 is 11.5 Å². The fraction of sp³-hybridized carbons (Fsp3) is 0.429. The van der Waals surface area contributed by atoms with Crippen LogP contribution in [-0.2, 0) is 16.0 Å². The summed E-state index contributed by atoms with van der Waals surface area (Å²) in [6.07, 6.45) is 5.10. The normalized spacial score (nSPS) is 17.5. The zero-order valence-corrected chi connectivity index (χ0v) is 15.1. The van der Waals surface area contributed by atoms with Gasteiger partial charge in [-0.2, -0.15) is 0 Å². The smallest absolute Gasteiger partial charge is 0.226 e. The van der Waals surface area contributed by atoms with Gasteiger partial charge in [0.15, 0.2) is 0 Å². The van der Waals surface area contributed by atoms with Gasteiger partial charge in [0.1, 0.15) is 0 Å². The van der Waals surface area contributed by atoms with E-state index in [-0.39, 0.29) is 12.5 Å². The fourth-order valence-corrected chi connectivity index (χ4v) is 3.46. The molecule has 1 saturated heterocycles. The minimum Gasteiger partial charge on any atom is -0.392 e. The number of carbonyl (C=O) groups excluding carboxylic acids is 1. The van der Waals surface area contributed by atoms with Gasteiger partial charge in [0.2, 0.25) is 5.91 Å². The topological polar surface area (TPSA) is 71.5 Å². The first-order valence-electron chi connectivity index (χ1n) is 9.12. The molecule has 2 heterocycles. The van der Waals surface area contributed by atoms with Gasteiger partial charge in [-0.3, -0.25) is 9.78 Å². The van der Waals surface area contributed by atoms with Crippen molar-refractivity contribution in [3.63, 3.8) is 0 Å². The molecule has 5 heteroatoms. The summed E-state index contributed by atoms with van der Waals surface area (Å²) in [5, 5.41) is 12.4. The summed E-state index contributed by atoms with van der Waals surface area (Å²) in [7, 11) is 0. The minimum atomic E-state index is -0.551. The van der Waals surface area contributed by atoms with Crippen molar-refractivity contribution in [1.29, 1.82) is 0 Å². The number of ether oxygens (including phenoxy) is 1. The van der Waals surface area contributed by atoms with Crippen LogP contribution in [0.4, 0.5) is 0 Å². The lowest BCUT2D eigenvalue weighted by Crippen LogP contribution is -2.47. The van der Waals surface area contributed by atoms with Crippen molar-refractivity contribution < 1.29 is 14.6 Å². The molecule has 0 radical (unpaired) electrons. The predicted molar refractivity (Wildman–Crippen MR) is 101 cm³/mol. The Labute approximate surface area is 154 Å². The first-order chi connectivity index (χ1) is 12.6. The molecule has 1 aliphatic heterocycles. The molecule has 1 amide bonds. The van der Waals surface area contributed by atoms with Crippen molar-refractivity contribution in [2.24, 2.45) is 5.41 Å². The SMILES string of the molecule is C[C@@H](O)CNC(=O)C1(Cc2cccc(-c3cccnc3)c2)CCOCC1. The predicted octanol–water partition coefficient (Wildman–Crippen LogP) is 2.58. The minimum absolute atomic E-state index is 0.00785. The van der Waals surface area contributed by atoms with Gasteiger partial charge >= 0.3 is 0 Å². The summed E-state index contributed by atoms with van der Waals surface area (Å²) < 4.78 is 5.49. The zero-order valence-electron chi connectivity index (χ0n) is 15.1. The number of amides is 1. The third kappa shape index (κ3) is 4.48. The molecule has 5 nitrogen and oxygen atoms in total. The van der Waals surface area contributed by atoms with Crippen molar-refractivity contribution >= 4 is 5.91 Å². The maximum atomic E-state index is 12.9. The first-order valence-corrected chi connectivity index (χ1v) is 9.12. The van der Waals surface area contributed by atoms with Crippen LogP contribution in [0.3, 0.4) is 0 Å². The van der Waals surface area contributed by atoms with Crippen LogP contribution >= 0.6 is 0 Å². The van der Waals surface area contributed by atoms with Crippen LogP contribution in [0.2, 0.25) is 0 Å². The summed E-state index contributed by atoms with van der Waals surface area (Å²) in [6.45, 7) is 3.13. The number of hydrogen-bond donors (Lipinski definition) is 2. The summed E-state index contributed by atoms with van der Waals surface area (Å²) in [5.74, 6) is 0.00785. The number of rotatable bonds is 6. The molecule has 138 valence electrons. The van der Waals surface area contributed by atoms with Crippen molar-refractivity contribution in [3.8, 4) is 11.1 Å². The van der Waals surface area contributed by atoms with Gasteiger partial charge in [0, 0.05) is 32.2 Å². The van der Waals surface area contributed by atoms with Crippen LogP contribution in [0.5, 0.6) is 0 Å². The molecule has 0 bridgehead atoms. The number of hydrogen-bond acceptors (Lipinski definition) is 4. The van der Waals surface area contributed by atoms with E-state index in [0.29, 0.717) is 32.5 Å². The van der Waals surface area contributed by atoms with E-state index in [0.717, 1.165) is 16.7 Å². The van der Waals surface area contributed by atoms with Crippen LogP contribution in [0, 0.1) is 5.41 Å². The number of aliphatic hydroxyl groups is 1. The highest BCUT2D eigenvalue weighted by Crippen LogP contribution is 2.35. The second kappa shape index (κ2) is 8.43. The van der Waals surface area contributed by atoms with Crippen molar-refractivity contribution in [2.75, 3.05) is 19.8 Å². The molecular weight excluding hydrogens is 328 g/mol. The average Bonchev–Trinajstić information content (AvgIpc) is 2.67. The Balaban J connectivity index is 1.82. The second-order valence-corrected chi connectivity index (χ2v) is 7.07. The highest BCUT2D eigenvalue weighted by molar-refractivity contribution is 5.83. The van der Waals surface area contributed by atoms with Gasteiger partial charge in [-0.05, 0) is 48.9 Å². The molecule has 1 atom stereocenters. The highest BCUT2D eigenvalue weighted by Gasteiger charge is 2.40. The second-order valence-electron chi connectivity index (χ2n) is 7.07. The Morgan fingerprint density at radius 3 is 2.73 bits per heavy atom. The Bertz CT molecular complexity index is 725. The molecule has 0 unspecified atom stereocenters. The Kier molecular flexibility index (Phi) is 6.01. The molecule has 0 saturated carbocycles. The Hall–Kier alpha value is -2.24. The lowest BCUT2D eigenvalue weighted by Gasteiger charge is -2.36. The van der Waals surface area contributed by atoms with Gasteiger partial charge < -0.3 is 15.2 Å². The highest BCUT2D eigenvalue weighted by atomic mass is 16.5. The first kappa shape index (κ1) is 18.5. The lowest BCUT2D eigenvalue weighted by molar-refractivity contribution is -0.137.